The highest BCUT2D eigenvalue weighted by Crippen LogP contribution is 2.21. The summed E-state index contributed by atoms with van der Waals surface area (Å²) in [5, 5.41) is 29.5. The summed E-state index contributed by atoms with van der Waals surface area (Å²) >= 11 is 0. The van der Waals surface area contributed by atoms with Gasteiger partial charge in [-0.25, -0.2) is 4.39 Å². The van der Waals surface area contributed by atoms with E-state index in [0.717, 1.165) is 0 Å². The number of ketones is 1. The standard InChI is InChI=1S/C18H9FN4O/c19-14-7-5-12(6-8-14)18(24)15-3-1-2-4-16(15)23-17(11-22)13(9-20)10-21/h1-8,23H. The van der Waals surface area contributed by atoms with Gasteiger partial charge in [-0.15, -0.1) is 0 Å². The number of nitrogens with zero attached hydrogens (tertiary/aromatic N) is 3. The number of nitrogens with one attached hydrogen (secondary N) is 1. The van der Waals surface area contributed by atoms with E-state index in [0.29, 0.717) is 0 Å². The number of para-hydroxylation sites is 1. The van der Waals surface area contributed by atoms with Gasteiger partial charge in [-0.2, -0.15) is 15.8 Å². The SMILES string of the molecule is N#CC(C#N)=C(C#N)Nc1ccccc1C(=O)c1ccc(F)cc1. The van der Waals surface area contributed by atoms with Crippen LogP contribution in [0.15, 0.2) is 59.8 Å². The molecular formula is C18H9FN4O. The Balaban J connectivity index is 2.46. The van der Waals surface area contributed by atoms with Gasteiger partial charge in [0.1, 0.15) is 29.7 Å². The summed E-state index contributed by atoms with van der Waals surface area (Å²) < 4.78 is 13.0. The molecule has 0 unspecified atom stereocenters. The zero-order valence-electron chi connectivity index (χ0n) is 12.2. The predicted octanol–water partition coefficient (Wildman–Crippen LogP) is 3.29. The number of hydrogen-bond donors (Lipinski definition) is 1. The van der Waals surface area contributed by atoms with Crippen molar-refractivity contribution in [2.45, 2.75) is 0 Å². The number of carbonyl (C=O) groups excluding carboxylic acids is 1. The van der Waals surface area contributed by atoms with Gasteiger partial charge < -0.3 is 5.32 Å². The van der Waals surface area contributed by atoms with Gasteiger partial charge in [-0.3, -0.25) is 4.79 Å². The van der Waals surface area contributed by atoms with Gasteiger partial charge in [0.2, 0.25) is 0 Å². The van der Waals surface area contributed by atoms with Crippen LogP contribution in [-0.4, -0.2) is 5.78 Å². The maximum Gasteiger partial charge on any atom is 0.195 e. The van der Waals surface area contributed by atoms with Crippen molar-refractivity contribution in [1.82, 2.24) is 0 Å². The Morgan fingerprint density at radius 2 is 1.54 bits per heavy atom. The summed E-state index contributed by atoms with van der Waals surface area (Å²) in [6.07, 6.45) is 0. The summed E-state index contributed by atoms with van der Waals surface area (Å²) in [6, 6.07) is 16.4. The van der Waals surface area contributed by atoms with Gasteiger partial charge in [0.05, 0.1) is 5.69 Å². The maximum absolute atomic E-state index is 13.0. The van der Waals surface area contributed by atoms with Crippen molar-refractivity contribution in [2.75, 3.05) is 5.32 Å². The number of rotatable bonds is 4. The van der Waals surface area contributed by atoms with Crippen molar-refractivity contribution in [3.63, 3.8) is 0 Å². The Labute approximate surface area is 137 Å². The molecule has 2 rings (SSSR count). The molecule has 6 heteroatoms. The second-order valence-corrected chi connectivity index (χ2v) is 4.59. The van der Waals surface area contributed by atoms with E-state index in [4.69, 9.17) is 15.8 Å². The van der Waals surface area contributed by atoms with Gasteiger partial charge in [0.25, 0.3) is 0 Å². The zero-order chi connectivity index (χ0) is 17.5. The molecule has 0 heterocycles. The Bertz CT molecular complexity index is 925. The van der Waals surface area contributed by atoms with Crippen LogP contribution < -0.4 is 5.32 Å². The van der Waals surface area contributed by atoms with Crippen molar-refractivity contribution in [3.05, 3.63) is 76.7 Å². The van der Waals surface area contributed by atoms with E-state index >= 15 is 0 Å². The van der Waals surface area contributed by atoms with Gasteiger partial charge in [0, 0.05) is 11.1 Å². The summed E-state index contributed by atoms with van der Waals surface area (Å²) in [5.74, 6) is -0.841. The van der Waals surface area contributed by atoms with Crippen LogP contribution in [0.1, 0.15) is 15.9 Å². The molecule has 0 saturated carbocycles. The number of benzene rings is 2. The number of anilines is 1. The smallest absolute Gasteiger partial charge is 0.195 e. The first kappa shape index (κ1) is 16.4. The number of allylic oxidation sites excluding steroid dienone is 2. The van der Waals surface area contributed by atoms with Gasteiger partial charge in [-0.05, 0) is 36.4 Å². The van der Waals surface area contributed by atoms with Gasteiger partial charge in [0.15, 0.2) is 11.4 Å². The topological polar surface area (TPSA) is 100 Å². The Morgan fingerprint density at radius 1 is 0.917 bits per heavy atom. The molecule has 0 spiro atoms. The lowest BCUT2D eigenvalue weighted by Crippen LogP contribution is -2.08. The number of halogens is 1. The van der Waals surface area contributed by atoms with E-state index in [1.807, 2.05) is 0 Å². The minimum Gasteiger partial charge on any atom is -0.345 e. The van der Waals surface area contributed by atoms with Crippen LogP contribution in [0.25, 0.3) is 0 Å². The highest BCUT2D eigenvalue weighted by Gasteiger charge is 2.15. The molecule has 0 atom stereocenters. The highest BCUT2D eigenvalue weighted by molar-refractivity contribution is 6.12. The molecule has 0 aliphatic heterocycles. The molecule has 0 saturated heterocycles. The second kappa shape index (κ2) is 7.35. The quantitative estimate of drug-likeness (QED) is 0.689. The monoisotopic (exact) mass is 316 g/mol. The average molecular weight is 316 g/mol. The second-order valence-electron chi connectivity index (χ2n) is 4.59. The van der Waals surface area contributed by atoms with Crippen LogP contribution in [0.4, 0.5) is 10.1 Å². The van der Waals surface area contributed by atoms with E-state index in [1.54, 1.807) is 36.4 Å². The van der Waals surface area contributed by atoms with E-state index < -0.39 is 5.82 Å². The lowest BCUT2D eigenvalue weighted by atomic mass is 10.0. The molecule has 0 bridgehead atoms. The normalized spacial score (nSPS) is 9.08. The molecule has 0 aliphatic carbocycles. The van der Waals surface area contributed by atoms with Crippen LogP contribution in [0.5, 0.6) is 0 Å². The molecule has 2 aromatic carbocycles. The van der Waals surface area contributed by atoms with Crippen molar-refractivity contribution in [1.29, 1.82) is 15.8 Å². The first-order valence-corrected chi connectivity index (χ1v) is 6.71. The molecule has 1 N–H and O–H groups in total. The highest BCUT2D eigenvalue weighted by atomic mass is 19.1. The largest absolute Gasteiger partial charge is 0.345 e. The third-order valence-corrected chi connectivity index (χ3v) is 3.12. The minimum atomic E-state index is -0.458. The summed E-state index contributed by atoms with van der Waals surface area (Å²) in [5.41, 5.74) is 0.133. The maximum atomic E-state index is 13.0. The summed E-state index contributed by atoms with van der Waals surface area (Å²) in [6.45, 7) is 0. The molecular weight excluding hydrogens is 307 g/mol. The van der Waals surface area contributed by atoms with Crippen LogP contribution in [0, 0.1) is 39.8 Å². The molecule has 0 amide bonds. The first-order chi connectivity index (χ1) is 11.6. The van der Waals surface area contributed by atoms with Crippen molar-refractivity contribution in [2.24, 2.45) is 0 Å². The molecule has 0 aliphatic rings. The number of hydrogen-bond acceptors (Lipinski definition) is 5. The molecule has 0 radical (unpaired) electrons. The molecule has 5 nitrogen and oxygen atoms in total. The van der Waals surface area contributed by atoms with Gasteiger partial charge >= 0.3 is 0 Å². The zero-order valence-corrected chi connectivity index (χ0v) is 12.2. The molecule has 114 valence electrons. The van der Waals surface area contributed by atoms with Gasteiger partial charge in [-0.1, -0.05) is 12.1 Å². The fraction of sp³-hybridized carbons (Fsp3) is 0. The van der Waals surface area contributed by atoms with E-state index in [1.165, 1.54) is 30.3 Å². The number of carbonyl (C=O) groups is 1. The van der Waals surface area contributed by atoms with Crippen molar-refractivity contribution < 1.29 is 9.18 Å². The van der Waals surface area contributed by atoms with E-state index in [9.17, 15) is 9.18 Å². The van der Waals surface area contributed by atoms with Crippen LogP contribution in [0.2, 0.25) is 0 Å². The molecule has 24 heavy (non-hydrogen) atoms. The molecule has 0 fully saturated rings. The first-order valence-electron chi connectivity index (χ1n) is 6.71. The average Bonchev–Trinajstić information content (AvgIpc) is 2.62. The Morgan fingerprint density at radius 3 is 2.12 bits per heavy atom. The van der Waals surface area contributed by atoms with Crippen molar-refractivity contribution in [3.8, 4) is 18.2 Å². The van der Waals surface area contributed by atoms with Crippen LogP contribution >= 0.6 is 0 Å². The Hall–Kier alpha value is -3.95. The summed E-state index contributed by atoms with van der Waals surface area (Å²) in [4.78, 5) is 12.6. The Kier molecular flexibility index (Phi) is 5.03. The van der Waals surface area contributed by atoms with E-state index in [-0.39, 0.29) is 33.9 Å². The third kappa shape index (κ3) is 3.44. The molecule has 2 aromatic rings. The van der Waals surface area contributed by atoms with Crippen molar-refractivity contribution >= 4 is 11.5 Å². The minimum absolute atomic E-state index is 0.229. The number of nitriles is 3. The van der Waals surface area contributed by atoms with Crippen LogP contribution in [-0.2, 0) is 0 Å². The summed E-state index contributed by atoms with van der Waals surface area (Å²) in [7, 11) is 0. The fourth-order valence-corrected chi connectivity index (χ4v) is 1.96. The lowest BCUT2D eigenvalue weighted by molar-refractivity contribution is 0.103. The lowest BCUT2D eigenvalue weighted by Gasteiger charge is -2.10. The fourth-order valence-electron chi connectivity index (χ4n) is 1.96. The van der Waals surface area contributed by atoms with E-state index in [2.05, 4.69) is 5.32 Å². The third-order valence-electron chi connectivity index (χ3n) is 3.12. The van der Waals surface area contributed by atoms with Crippen LogP contribution in [0.3, 0.4) is 0 Å². The molecule has 0 aromatic heterocycles. The predicted molar refractivity (Wildman–Crippen MR) is 83.8 cm³/mol.